The predicted molar refractivity (Wildman–Crippen MR) is 73.8 cm³/mol. The average Bonchev–Trinajstić information content (AvgIpc) is 2.37. The highest BCUT2D eigenvalue weighted by atomic mass is 15.3. The molecule has 0 spiro atoms. The summed E-state index contributed by atoms with van der Waals surface area (Å²) in [7, 11) is 0. The molecule has 2 atom stereocenters. The molecule has 4 heteroatoms. The molecule has 4 nitrogen and oxygen atoms in total. The molecule has 1 N–H and O–H groups in total. The highest BCUT2D eigenvalue weighted by Crippen LogP contribution is 2.18. The predicted octanol–water partition coefficient (Wildman–Crippen LogP) is 1.82. The normalized spacial score (nSPS) is 24.4. The molecule has 18 heavy (non-hydrogen) atoms. The van der Waals surface area contributed by atoms with Crippen molar-refractivity contribution in [3.05, 3.63) is 30.5 Å². The Balaban J connectivity index is 1.93. The Morgan fingerprint density at radius 1 is 1.17 bits per heavy atom. The minimum atomic E-state index is 0.495. The van der Waals surface area contributed by atoms with E-state index in [4.69, 9.17) is 0 Å². The zero-order valence-electron chi connectivity index (χ0n) is 10.8. The van der Waals surface area contributed by atoms with Gasteiger partial charge in [-0.2, -0.15) is 0 Å². The first-order valence-corrected chi connectivity index (χ1v) is 6.45. The molecule has 1 aliphatic rings. The molecule has 1 fully saturated rings. The summed E-state index contributed by atoms with van der Waals surface area (Å²) in [4.78, 5) is 11.3. The number of nitrogens with one attached hydrogen (secondary N) is 1. The molecule has 2 aromatic heterocycles. The van der Waals surface area contributed by atoms with Crippen LogP contribution in [0, 0.1) is 0 Å². The second-order valence-corrected chi connectivity index (χ2v) is 5.09. The second kappa shape index (κ2) is 4.53. The Labute approximate surface area is 107 Å². The Kier molecular flexibility index (Phi) is 2.88. The number of piperazine rings is 1. The zero-order valence-corrected chi connectivity index (χ0v) is 10.8. The van der Waals surface area contributed by atoms with Crippen molar-refractivity contribution in [2.45, 2.75) is 25.9 Å². The van der Waals surface area contributed by atoms with Crippen LogP contribution in [0.1, 0.15) is 13.8 Å². The molecule has 3 heterocycles. The monoisotopic (exact) mass is 242 g/mol. The fourth-order valence-electron chi connectivity index (χ4n) is 2.63. The first kappa shape index (κ1) is 11.4. The maximum Gasteiger partial charge on any atom is 0.161 e. The van der Waals surface area contributed by atoms with Crippen LogP contribution in [0.25, 0.3) is 11.0 Å². The highest BCUT2D eigenvalue weighted by molar-refractivity contribution is 5.76. The van der Waals surface area contributed by atoms with Crippen LogP contribution in [-0.4, -0.2) is 35.1 Å². The van der Waals surface area contributed by atoms with E-state index >= 15 is 0 Å². The number of hydrogen-bond acceptors (Lipinski definition) is 4. The van der Waals surface area contributed by atoms with E-state index in [9.17, 15) is 0 Å². The minimum Gasteiger partial charge on any atom is -0.353 e. The second-order valence-electron chi connectivity index (χ2n) is 5.09. The van der Waals surface area contributed by atoms with Crippen LogP contribution >= 0.6 is 0 Å². The third kappa shape index (κ3) is 2.16. The van der Waals surface area contributed by atoms with Crippen LogP contribution < -0.4 is 10.2 Å². The number of nitrogens with zero attached hydrogens (tertiary/aromatic N) is 3. The summed E-state index contributed by atoms with van der Waals surface area (Å²) in [5.41, 5.74) is 0.828. The largest absolute Gasteiger partial charge is 0.353 e. The third-order valence-corrected chi connectivity index (χ3v) is 3.33. The molecule has 2 unspecified atom stereocenters. The van der Waals surface area contributed by atoms with Crippen molar-refractivity contribution in [2.24, 2.45) is 0 Å². The van der Waals surface area contributed by atoms with Crippen molar-refractivity contribution < 1.29 is 0 Å². The number of hydrogen-bond donors (Lipinski definition) is 1. The van der Waals surface area contributed by atoms with E-state index in [1.807, 2.05) is 12.1 Å². The van der Waals surface area contributed by atoms with Gasteiger partial charge >= 0.3 is 0 Å². The van der Waals surface area contributed by atoms with Crippen molar-refractivity contribution in [1.82, 2.24) is 15.3 Å². The van der Waals surface area contributed by atoms with Gasteiger partial charge in [0.2, 0.25) is 0 Å². The van der Waals surface area contributed by atoms with E-state index in [0.717, 1.165) is 29.9 Å². The Morgan fingerprint density at radius 2 is 1.94 bits per heavy atom. The van der Waals surface area contributed by atoms with Gasteiger partial charge in [-0.3, -0.25) is 0 Å². The van der Waals surface area contributed by atoms with Crippen LogP contribution in [0.15, 0.2) is 30.5 Å². The summed E-state index contributed by atoms with van der Waals surface area (Å²) in [6.45, 7) is 6.41. The van der Waals surface area contributed by atoms with Crippen molar-refractivity contribution in [1.29, 1.82) is 0 Å². The number of aromatic nitrogens is 2. The van der Waals surface area contributed by atoms with E-state index in [1.165, 1.54) is 0 Å². The van der Waals surface area contributed by atoms with E-state index in [1.54, 1.807) is 6.20 Å². The van der Waals surface area contributed by atoms with E-state index in [-0.39, 0.29) is 0 Å². The fraction of sp³-hybridized carbons (Fsp3) is 0.429. The first-order chi connectivity index (χ1) is 8.72. The zero-order chi connectivity index (χ0) is 12.5. The molecule has 94 valence electrons. The maximum absolute atomic E-state index is 4.65. The van der Waals surface area contributed by atoms with E-state index < -0.39 is 0 Å². The van der Waals surface area contributed by atoms with Crippen molar-refractivity contribution >= 4 is 16.9 Å². The summed E-state index contributed by atoms with van der Waals surface area (Å²) in [6.07, 6.45) is 1.79. The first-order valence-electron chi connectivity index (χ1n) is 6.45. The molecule has 0 amide bonds. The van der Waals surface area contributed by atoms with E-state index in [2.05, 4.69) is 46.2 Å². The number of anilines is 1. The van der Waals surface area contributed by atoms with Gasteiger partial charge in [0.05, 0.1) is 0 Å². The number of rotatable bonds is 1. The minimum absolute atomic E-state index is 0.495. The SMILES string of the molecule is CC1CN(c2ccc3cccnc3n2)CC(C)N1. The van der Waals surface area contributed by atoms with Gasteiger partial charge in [0, 0.05) is 36.8 Å². The molecule has 0 radical (unpaired) electrons. The summed E-state index contributed by atoms with van der Waals surface area (Å²) in [5.74, 6) is 1.03. The molecular formula is C14H18N4. The van der Waals surface area contributed by atoms with Crippen LogP contribution in [0.5, 0.6) is 0 Å². The number of pyridine rings is 2. The maximum atomic E-state index is 4.65. The molecular weight excluding hydrogens is 224 g/mol. The smallest absolute Gasteiger partial charge is 0.161 e. The van der Waals surface area contributed by atoms with E-state index in [0.29, 0.717) is 12.1 Å². The molecule has 3 rings (SSSR count). The topological polar surface area (TPSA) is 41.1 Å². The standard InChI is InChI=1S/C14H18N4/c1-10-8-18(9-11(2)16-10)13-6-5-12-4-3-7-15-14(12)17-13/h3-7,10-11,16H,8-9H2,1-2H3. The quantitative estimate of drug-likeness (QED) is 0.828. The summed E-state index contributed by atoms with van der Waals surface area (Å²) in [5, 5.41) is 4.63. The lowest BCUT2D eigenvalue weighted by Crippen LogP contribution is -2.54. The lowest BCUT2D eigenvalue weighted by molar-refractivity contribution is 0.405. The highest BCUT2D eigenvalue weighted by Gasteiger charge is 2.21. The van der Waals surface area contributed by atoms with Gasteiger partial charge in [-0.15, -0.1) is 0 Å². The van der Waals surface area contributed by atoms with Gasteiger partial charge in [-0.05, 0) is 38.1 Å². The third-order valence-electron chi connectivity index (χ3n) is 3.33. The van der Waals surface area contributed by atoms with Crippen molar-refractivity contribution in [2.75, 3.05) is 18.0 Å². The molecule has 0 bridgehead atoms. The van der Waals surface area contributed by atoms with Gasteiger partial charge in [0.15, 0.2) is 5.65 Å². The number of fused-ring (bicyclic) bond motifs is 1. The van der Waals surface area contributed by atoms with Gasteiger partial charge in [-0.25, -0.2) is 9.97 Å². The molecule has 1 aliphatic heterocycles. The van der Waals surface area contributed by atoms with Gasteiger partial charge < -0.3 is 10.2 Å². The van der Waals surface area contributed by atoms with Crippen molar-refractivity contribution in [3.8, 4) is 0 Å². The van der Waals surface area contributed by atoms with Crippen LogP contribution in [0.2, 0.25) is 0 Å². The Bertz CT molecular complexity index is 544. The molecule has 0 aromatic carbocycles. The molecule has 0 aliphatic carbocycles. The Morgan fingerprint density at radius 3 is 2.72 bits per heavy atom. The summed E-state index contributed by atoms with van der Waals surface area (Å²) >= 11 is 0. The molecule has 2 aromatic rings. The Hall–Kier alpha value is -1.68. The molecule has 0 saturated carbocycles. The summed E-state index contributed by atoms with van der Waals surface area (Å²) in [6, 6.07) is 9.17. The average molecular weight is 242 g/mol. The van der Waals surface area contributed by atoms with Crippen LogP contribution in [-0.2, 0) is 0 Å². The summed E-state index contributed by atoms with van der Waals surface area (Å²) < 4.78 is 0. The molecule has 1 saturated heterocycles. The van der Waals surface area contributed by atoms with Crippen LogP contribution in [0.3, 0.4) is 0 Å². The van der Waals surface area contributed by atoms with Crippen molar-refractivity contribution in [3.63, 3.8) is 0 Å². The van der Waals surface area contributed by atoms with Crippen LogP contribution in [0.4, 0.5) is 5.82 Å². The fourth-order valence-corrected chi connectivity index (χ4v) is 2.63. The van der Waals surface area contributed by atoms with Gasteiger partial charge in [0.25, 0.3) is 0 Å². The van der Waals surface area contributed by atoms with Gasteiger partial charge in [-0.1, -0.05) is 0 Å². The lowest BCUT2D eigenvalue weighted by atomic mass is 10.1. The lowest BCUT2D eigenvalue weighted by Gasteiger charge is -2.36. The van der Waals surface area contributed by atoms with Gasteiger partial charge in [0.1, 0.15) is 5.82 Å².